The van der Waals surface area contributed by atoms with Crippen molar-refractivity contribution in [3.63, 3.8) is 0 Å². The van der Waals surface area contributed by atoms with Crippen LogP contribution in [0.4, 0.5) is 4.39 Å². The largest absolute Gasteiger partial charge is 0.383 e. The molecule has 0 saturated heterocycles. The Kier molecular flexibility index (Phi) is 4.27. The molecule has 0 bridgehead atoms. The molecular weight excluding hydrogens is 239 g/mol. The fourth-order valence-corrected chi connectivity index (χ4v) is 1.75. The fraction of sp³-hybridized carbons (Fsp3) is 0.500. The Hall–Kier alpha value is -1.12. The minimum absolute atomic E-state index is 0.126. The van der Waals surface area contributed by atoms with Gasteiger partial charge < -0.3 is 4.74 Å². The number of hydrogen-bond donors (Lipinski definition) is 1. The van der Waals surface area contributed by atoms with E-state index in [1.807, 2.05) is 0 Å². The molecule has 6 nitrogen and oxygen atoms in total. The van der Waals surface area contributed by atoms with Crippen molar-refractivity contribution in [1.82, 2.24) is 9.97 Å². The fourth-order valence-electron chi connectivity index (χ4n) is 1.08. The second-order valence-electron chi connectivity index (χ2n) is 3.11. The molecule has 0 fully saturated rings. The van der Waals surface area contributed by atoms with E-state index in [4.69, 9.17) is 4.55 Å². The summed E-state index contributed by atoms with van der Waals surface area (Å²) >= 11 is 0. The van der Waals surface area contributed by atoms with E-state index in [-0.39, 0.29) is 18.9 Å². The van der Waals surface area contributed by atoms with Gasteiger partial charge in [-0.2, -0.15) is 8.42 Å². The van der Waals surface area contributed by atoms with Crippen LogP contribution in [0.15, 0.2) is 12.4 Å². The molecular formula is C8H11FN2O4S. The number of aromatic nitrogens is 2. The van der Waals surface area contributed by atoms with Gasteiger partial charge in [0.15, 0.2) is 5.82 Å². The van der Waals surface area contributed by atoms with Gasteiger partial charge >= 0.3 is 0 Å². The Bertz CT molecular complexity index is 434. The van der Waals surface area contributed by atoms with Crippen LogP contribution in [0.25, 0.3) is 0 Å². The lowest BCUT2D eigenvalue weighted by Crippen LogP contribution is -2.28. The van der Waals surface area contributed by atoms with Crippen molar-refractivity contribution in [3.8, 4) is 0 Å². The van der Waals surface area contributed by atoms with Crippen LogP contribution in [0.3, 0.4) is 0 Å². The molecule has 0 amide bonds. The topological polar surface area (TPSA) is 89.4 Å². The predicted octanol–water partition coefficient (Wildman–Crippen LogP) is 0.0610. The Morgan fingerprint density at radius 2 is 2.06 bits per heavy atom. The van der Waals surface area contributed by atoms with Crippen LogP contribution in [-0.2, 0) is 21.3 Å². The maximum Gasteiger partial charge on any atom is 0.270 e. The summed E-state index contributed by atoms with van der Waals surface area (Å²) in [7, 11) is -2.92. The summed E-state index contributed by atoms with van der Waals surface area (Å²) in [5.41, 5.74) is 0. The second kappa shape index (κ2) is 5.28. The first kappa shape index (κ1) is 12.9. The van der Waals surface area contributed by atoms with Crippen LogP contribution < -0.4 is 0 Å². The number of hydrogen-bond acceptors (Lipinski definition) is 5. The number of rotatable bonds is 5. The molecule has 0 saturated carbocycles. The highest BCUT2D eigenvalue weighted by Crippen LogP contribution is 2.06. The molecule has 0 aliphatic rings. The van der Waals surface area contributed by atoms with E-state index in [0.717, 1.165) is 12.4 Å². The molecule has 0 unspecified atom stereocenters. The summed E-state index contributed by atoms with van der Waals surface area (Å²) in [6.45, 7) is -0.181. The van der Waals surface area contributed by atoms with Crippen molar-refractivity contribution in [3.05, 3.63) is 24.0 Å². The molecule has 1 heterocycles. The summed E-state index contributed by atoms with van der Waals surface area (Å²) in [4.78, 5) is 7.19. The van der Waals surface area contributed by atoms with Gasteiger partial charge in [-0.1, -0.05) is 0 Å². The predicted molar refractivity (Wildman–Crippen MR) is 52.9 cm³/mol. The maximum absolute atomic E-state index is 12.5. The van der Waals surface area contributed by atoms with Gasteiger partial charge in [-0.25, -0.2) is 14.4 Å². The van der Waals surface area contributed by atoms with Gasteiger partial charge in [0.1, 0.15) is 11.1 Å². The molecule has 8 heteroatoms. The molecule has 1 rings (SSSR count). The van der Waals surface area contributed by atoms with Gasteiger partial charge in [0.25, 0.3) is 10.1 Å². The van der Waals surface area contributed by atoms with Crippen LogP contribution in [0, 0.1) is 5.82 Å². The standard InChI is InChI=1S/C8H11FN2O4S/c1-15-5-7(16(12,13)14)2-8-10-3-6(9)4-11-8/h3-4,7H,2,5H2,1H3,(H,12,13,14)/t7-/m1/s1. The van der Waals surface area contributed by atoms with Gasteiger partial charge in [0, 0.05) is 13.5 Å². The van der Waals surface area contributed by atoms with Crippen molar-refractivity contribution in [1.29, 1.82) is 0 Å². The minimum Gasteiger partial charge on any atom is -0.383 e. The zero-order valence-electron chi connectivity index (χ0n) is 8.50. The number of ether oxygens (including phenoxy) is 1. The van der Waals surface area contributed by atoms with Crippen LogP contribution in [0.5, 0.6) is 0 Å². The van der Waals surface area contributed by atoms with Gasteiger partial charge in [0.05, 0.1) is 19.0 Å². The number of nitrogens with zero attached hydrogens (tertiary/aromatic N) is 2. The Morgan fingerprint density at radius 1 is 1.50 bits per heavy atom. The van der Waals surface area contributed by atoms with E-state index >= 15 is 0 Å². The van der Waals surface area contributed by atoms with E-state index in [0.29, 0.717) is 0 Å². The van der Waals surface area contributed by atoms with E-state index in [2.05, 4.69) is 14.7 Å². The maximum atomic E-state index is 12.5. The second-order valence-corrected chi connectivity index (χ2v) is 4.81. The third-order valence-electron chi connectivity index (χ3n) is 1.86. The molecule has 0 aromatic carbocycles. The first-order valence-electron chi connectivity index (χ1n) is 4.35. The summed E-state index contributed by atoms with van der Waals surface area (Å²) in [6, 6.07) is 0. The summed E-state index contributed by atoms with van der Waals surface area (Å²) < 4.78 is 47.9. The minimum atomic E-state index is -4.23. The van der Waals surface area contributed by atoms with Crippen molar-refractivity contribution >= 4 is 10.1 Å². The molecule has 0 spiro atoms. The Labute approximate surface area is 92.2 Å². The molecule has 1 atom stereocenters. The lowest BCUT2D eigenvalue weighted by Gasteiger charge is -2.11. The quantitative estimate of drug-likeness (QED) is 0.743. The highest BCUT2D eigenvalue weighted by Gasteiger charge is 2.24. The zero-order chi connectivity index (χ0) is 12.2. The summed E-state index contributed by atoms with van der Waals surface area (Å²) in [5.74, 6) is -0.486. The number of methoxy groups -OCH3 is 1. The molecule has 0 radical (unpaired) electrons. The third-order valence-corrected chi connectivity index (χ3v) is 3.00. The first-order valence-corrected chi connectivity index (χ1v) is 5.85. The molecule has 0 aliphatic heterocycles. The molecule has 1 aromatic rings. The van der Waals surface area contributed by atoms with E-state index in [1.54, 1.807) is 0 Å². The Balaban J connectivity index is 2.80. The smallest absolute Gasteiger partial charge is 0.270 e. The van der Waals surface area contributed by atoms with Gasteiger partial charge in [-0.05, 0) is 0 Å². The molecule has 16 heavy (non-hydrogen) atoms. The van der Waals surface area contributed by atoms with E-state index in [1.165, 1.54) is 7.11 Å². The van der Waals surface area contributed by atoms with Crippen molar-refractivity contribution in [2.24, 2.45) is 0 Å². The van der Waals surface area contributed by atoms with Crippen molar-refractivity contribution in [2.45, 2.75) is 11.7 Å². The van der Waals surface area contributed by atoms with Gasteiger partial charge in [-0.3, -0.25) is 4.55 Å². The normalized spacial score (nSPS) is 13.7. The Morgan fingerprint density at radius 3 is 2.50 bits per heavy atom. The average molecular weight is 250 g/mol. The average Bonchev–Trinajstić information content (AvgIpc) is 2.19. The zero-order valence-corrected chi connectivity index (χ0v) is 9.32. The highest BCUT2D eigenvalue weighted by atomic mass is 32.2. The first-order chi connectivity index (χ1) is 7.43. The highest BCUT2D eigenvalue weighted by molar-refractivity contribution is 7.86. The molecule has 1 aromatic heterocycles. The molecule has 90 valence electrons. The van der Waals surface area contributed by atoms with Crippen LogP contribution in [0.1, 0.15) is 5.82 Å². The van der Waals surface area contributed by atoms with E-state index in [9.17, 15) is 12.8 Å². The van der Waals surface area contributed by atoms with Gasteiger partial charge in [0.2, 0.25) is 0 Å². The number of halogens is 1. The van der Waals surface area contributed by atoms with Crippen LogP contribution >= 0.6 is 0 Å². The van der Waals surface area contributed by atoms with Gasteiger partial charge in [-0.15, -0.1) is 0 Å². The SMILES string of the molecule is COC[C@@H](Cc1ncc(F)cn1)S(=O)(=O)O. The lowest BCUT2D eigenvalue weighted by atomic mass is 10.3. The van der Waals surface area contributed by atoms with Crippen LogP contribution in [-0.4, -0.2) is 41.9 Å². The molecule has 0 aliphatic carbocycles. The van der Waals surface area contributed by atoms with Crippen molar-refractivity contribution < 1.29 is 22.1 Å². The van der Waals surface area contributed by atoms with E-state index < -0.39 is 21.2 Å². The third kappa shape index (κ3) is 3.80. The monoisotopic (exact) mass is 250 g/mol. The lowest BCUT2D eigenvalue weighted by molar-refractivity contribution is 0.193. The summed E-state index contributed by atoms with van der Waals surface area (Å²) in [5, 5.41) is -1.15. The van der Waals surface area contributed by atoms with Crippen molar-refractivity contribution in [2.75, 3.05) is 13.7 Å². The molecule has 1 N–H and O–H groups in total. The summed E-state index contributed by atoms with van der Waals surface area (Å²) in [6.07, 6.45) is 1.72. The van der Waals surface area contributed by atoms with Crippen LogP contribution in [0.2, 0.25) is 0 Å².